The van der Waals surface area contributed by atoms with Gasteiger partial charge in [-0.15, -0.1) is 0 Å². The van der Waals surface area contributed by atoms with Gasteiger partial charge in [0.1, 0.15) is 30.9 Å². The Morgan fingerprint density at radius 3 is 2.68 bits per heavy atom. The third kappa shape index (κ3) is 3.78. The molecule has 3 rings (SSSR count). The van der Waals surface area contributed by atoms with Gasteiger partial charge >= 0.3 is 5.97 Å². The fourth-order valence-corrected chi connectivity index (χ4v) is 2.62. The molecular formula is C20H17FO4. The molecule has 0 aliphatic rings. The minimum Gasteiger partial charge on any atom is -0.489 e. The van der Waals surface area contributed by atoms with Gasteiger partial charge in [0, 0.05) is 16.8 Å². The first-order valence-electron chi connectivity index (χ1n) is 7.79. The first kappa shape index (κ1) is 16.9. The summed E-state index contributed by atoms with van der Waals surface area (Å²) in [7, 11) is 0. The Bertz CT molecular complexity index is 936. The van der Waals surface area contributed by atoms with Crippen LogP contribution in [0.5, 0.6) is 5.75 Å². The van der Waals surface area contributed by atoms with E-state index in [2.05, 4.69) is 6.58 Å². The van der Waals surface area contributed by atoms with Crippen molar-refractivity contribution in [2.75, 3.05) is 13.2 Å². The van der Waals surface area contributed by atoms with E-state index < -0.39 is 12.1 Å². The van der Waals surface area contributed by atoms with E-state index in [0.717, 1.165) is 22.2 Å². The topological polar surface area (TPSA) is 55.8 Å². The molecule has 0 aromatic heterocycles. The summed E-state index contributed by atoms with van der Waals surface area (Å²) in [4.78, 5) is 11.0. The summed E-state index contributed by atoms with van der Waals surface area (Å²) in [6, 6.07) is 13.9. The fraction of sp³-hybridized carbons (Fsp3) is 0.150. The highest BCUT2D eigenvalue weighted by atomic mass is 19.1. The molecule has 5 heteroatoms. The van der Waals surface area contributed by atoms with Gasteiger partial charge in [0.2, 0.25) is 0 Å². The minimum atomic E-state index is -0.988. The molecule has 1 unspecified atom stereocenters. The normalized spacial score (nSPS) is 12.1. The van der Waals surface area contributed by atoms with E-state index in [0.29, 0.717) is 11.1 Å². The average molecular weight is 340 g/mol. The van der Waals surface area contributed by atoms with Gasteiger partial charge in [0.05, 0.1) is 0 Å². The Labute approximate surface area is 144 Å². The quantitative estimate of drug-likeness (QED) is 0.423. The number of carbonyl (C=O) groups excluding carboxylic acids is 1. The van der Waals surface area contributed by atoms with Gasteiger partial charge in [-0.3, -0.25) is 0 Å². The number of benzene rings is 3. The van der Waals surface area contributed by atoms with E-state index in [-0.39, 0.29) is 19.0 Å². The second-order valence-electron chi connectivity index (χ2n) is 5.59. The molecule has 0 bridgehead atoms. The Hall–Kier alpha value is -2.92. The highest BCUT2D eigenvalue weighted by Crippen LogP contribution is 2.35. The third-order valence-electron chi connectivity index (χ3n) is 3.78. The number of esters is 1. The summed E-state index contributed by atoms with van der Waals surface area (Å²) >= 11 is 0. The zero-order valence-electron chi connectivity index (χ0n) is 13.4. The number of hydrogen-bond donors (Lipinski definition) is 1. The number of halogens is 1. The van der Waals surface area contributed by atoms with Gasteiger partial charge in [-0.2, -0.15) is 0 Å². The zero-order valence-corrected chi connectivity index (χ0v) is 13.4. The maximum absolute atomic E-state index is 13.6. The van der Waals surface area contributed by atoms with E-state index >= 15 is 0 Å². The smallest absolute Gasteiger partial charge is 0.330 e. The van der Waals surface area contributed by atoms with E-state index in [1.165, 1.54) is 12.1 Å². The van der Waals surface area contributed by atoms with Crippen molar-refractivity contribution in [1.29, 1.82) is 0 Å². The van der Waals surface area contributed by atoms with E-state index in [4.69, 9.17) is 9.47 Å². The molecule has 0 heterocycles. The van der Waals surface area contributed by atoms with Crippen LogP contribution in [-0.2, 0) is 9.53 Å². The average Bonchev–Trinajstić information content (AvgIpc) is 2.62. The van der Waals surface area contributed by atoms with Crippen LogP contribution in [0.15, 0.2) is 61.2 Å². The van der Waals surface area contributed by atoms with Crippen molar-refractivity contribution in [3.63, 3.8) is 0 Å². The van der Waals surface area contributed by atoms with E-state index in [1.807, 2.05) is 30.3 Å². The summed E-state index contributed by atoms with van der Waals surface area (Å²) < 4.78 is 24.2. The van der Waals surface area contributed by atoms with Crippen molar-refractivity contribution < 1.29 is 23.8 Å². The highest BCUT2D eigenvalue weighted by molar-refractivity contribution is 6.05. The fourth-order valence-electron chi connectivity index (χ4n) is 2.62. The van der Waals surface area contributed by atoms with Gasteiger partial charge in [-0.1, -0.05) is 30.8 Å². The predicted molar refractivity (Wildman–Crippen MR) is 94.1 cm³/mol. The standard InChI is InChI=1S/C20H17FO4/c1-2-19(23)24-11-16(22)12-25-20-17-6-4-3-5-13(17)9-14-10-15(21)7-8-18(14)20/h2-10,16,22H,1,11-12H2. The molecule has 0 aliphatic heterocycles. The molecule has 1 N–H and O–H groups in total. The summed E-state index contributed by atoms with van der Waals surface area (Å²) in [5, 5.41) is 13.2. The molecule has 1 atom stereocenters. The van der Waals surface area contributed by atoms with E-state index in [1.54, 1.807) is 6.07 Å². The minimum absolute atomic E-state index is 0.0646. The summed E-state index contributed by atoms with van der Waals surface area (Å²) in [6.45, 7) is 3.03. The van der Waals surface area contributed by atoms with Gasteiger partial charge in [-0.25, -0.2) is 9.18 Å². The number of ether oxygens (including phenoxy) is 2. The van der Waals surface area contributed by atoms with Crippen molar-refractivity contribution in [2.45, 2.75) is 6.10 Å². The number of fused-ring (bicyclic) bond motifs is 2. The van der Waals surface area contributed by atoms with Gasteiger partial charge < -0.3 is 14.6 Å². The number of rotatable bonds is 6. The van der Waals surface area contributed by atoms with Crippen molar-refractivity contribution >= 4 is 27.5 Å². The predicted octanol–water partition coefficient (Wildman–Crippen LogP) is 3.60. The van der Waals surface area contributed by atoms with Gasteiger partial charge in [-0.05, 0) is 35.0 Å². The molecular weight excluding hydrogens is 323 g/mol. The molecule has 25 heavy (non-hydrogen) atoms. The lowest BCUT2D eigenvalue weighted by Crippen LogP contribution is -2.24. The number of aliphatic hydroxyl groups excluding tert-OH is 1. The highest BCUT2D eigenvalue weighted by Gasteiger charge is 2.13. The van der Waals surface area contributed by atoms with Crippen molar-refractivity contribution in [3.05, 3.63) is 67.0 Å². The lowest BCUT2D eigenvalue weighted by molar-refractivity contribution is -0.141. The monoisotopic (exact) mass is 340 g/mol. The van der Waals surface area contributed by atoms with Crippen LogP contribution in [0, 0.1) is 5.82 Å². The van der Waals surface area contributed by atoms with Crippen LogP contribution in [0.3, 0.4) is 0 Å². The van der Waals surface area contributed by atoms with Crippen LogP contribution in [0.2, 0.25) is 0 Å². The second-order valence-corrected chi connectivity index (χ2v) is 5.59. The first-order valence-corrected chi connectivity index (χ1v) is 7.79. The van der Waals surface area contributed by atoms with Crippen LogP contribution in [0.4, 0.5) is 4.39 Å². The van der Waals surface area contributed by atoms with Crippen molar-refractivity contribution in [1.82, 2.24) is 0 Å². The number of aliphatic hydroxyl groups is 1. The summed E-state index contributed by atoms with van der Waals surface area (Å²) in [5.74, 6) is -0.377. The lowest BCUT2D eigenvalue weighted by Gasteiger charge is -2.16. The van der Waals surface area contributed by atoms with Crippen molar-refractivity contribution in [2.24, 2.45) is 0 Å². The number of carbonyl (C=O) groups is 1. The molecule has 0 aliphatic carbocycles. The molecule has 0 spiro atoms. The first-order chi connectivity index (χ1) is 12.1. The van der Waals surface area contributed by atoms with Gasteiger partial charge in [0.25, 0.3) is 0 Å². The molecule has 0 radical (unpaired) electrons. The number of hydrogen-bond acceptors (Lipinski definition) is 4. The Morgan fingerprint density at radius 1 is 1.12 bits per heavy atom. The van der Waals surface area contributed by atoms with E-state index in [9.17, 15) is 14.3 Å². The molecule has 4 nitrogen and oxygen atoms in total. The van der Waals surface area contributed by atoms with Gasteiger partial charge in [0.15, 0.2) is 0 Å². The lowest BCUT2D eigenvalue weighted by atomic mass is 10.0. The van der Waals surface area contributed by atoms with Crippen LogP contribution in [0.1, 0.15) is 0 Å². The maximum atomic E-state index is 13.6. The summed E-state index contributed by atoms with van der Waals surface area (Å²) in [6.07, 6.45) is 0.0405. The van der Waals surface area contributed by atoms with Crippen molar-refractivity contribution in [3.8, 4) is 5.75 Å². The molecule has 3 aromatic carbocycles. The second kappa shape index (κ2) is 7.32. The molecule has 0 saturated heterocycles. The zero-order chi connectivity index (χ0) is 17.8. The molecule has 128 valence electrons. The Balaban J connectivity index is 1.90. The maximum Gasteiger partial charge on any atom is 0.330 e. The molecule has 0 fully saturated rings. The Morgan fingerprint density at radius 2 is 1.88 bits per heavy atom. The third-order valence-corrected chi connectivity index (χ3v) is 3.78. The molecule has 0 amide bonds. The Kier molecular flexibility index (Phi) is 4.95. The van der Waals surface area contributed by atoms with Crippen LogP contribution < -0.4 is 4.74 Å². The van der Waals surface area contributed by atoms with Crippen LogP contribution in [0.25, 0.3) is 21.5 Å². The molecule has 3 aromatic rings. The SMILES string of the molecule is C=CC(=O)OCC(O)COc1c2ccccc2cc2cc(F)ccc12. The van der Waals surface area contributed by atoms with Crippen LogP contribution in [-0.4, -0.2) is 30.4 Å². The largest absolute Gasteiger partial charge is 0.489 e. The molecule has 0 saturated carbocycles. The summed E-state index contributed by atoms with van der Waals surface area (Å²) in [5.41, 5.74) is 0. The van der Waals surface area contributed by atoms with Crippen LogP contribution >= 0.6 is 0 Å².